The van der Waals surface area contributed by atoms with E-state index in [1.165, 1.54) is 17.0 Å². The van der Waals surface area contributed by atoms with Gasteiger partial charge < -0.3 is 51.4 Å². The molecule has 2 aliphatic carbocycles. The van der Waals surface area contributed by atoms with Crippen LogP contribution in [0.3, 0.4) is 0 Å². The second kappa shape index (κ2) is 27.1. The number of benzene rings is 2. The summed E-state index contributed by atoms with van der Waals surface area (Å²) in [6.07, 6.45) is -3.23. The second-order valence-corrected chi connectivity index (χ2v) is 21.3. The average Bonchev–Trinajstić information content (AvgIpc) is 4.03. The number of carbonyl (C=O) groups excluding carboxylic acids is 6. The Morgan fingerprint density at radius 2 is 1.56 bits per heavy atom. The van der Waals surface area contributed by atoms with Gasteiger partial charge in [-0.1, -0.05) is 38.1 Å². The number of aliphatic hydroxyl groups is 2. The van der Waals surface area contributed by atoms with Crippen molar-refractivity contribution in [1.82, 2.24) is 19.9 Å². The molecule has 3 aliphatic rings. The molecule has 1 fully saturated rings. The van der Waals surface area contributed by atoms with E-state index in [2.05, 4.69) is 25.5 Å². The van der Waals surface area contributed by atoms with Crippen LogP contribution in [0, 0.1) is 17.8 Å². The number of nitrogens with two attached hydrogens (primary N) is 2. The van der Waals surface area contributed by atoms with E-state index in [1.807, 2.05) is 4.57 Å². The third kappa shape index (κ3) is 16.6. The first-order valence-corrected chi connectivity index (χ1v) is 27.5. The number of likely N-dealkylation sites (tertiary alicyclic amines) is 1. The van der Waals surface area contributed by atoms with E-state index < -0.39 is 82.6 Å². The SMILES string of the molecule is CC(C)[C@H](NC(=O)CCOCCOCCOCCN1C(=O)C2=C(C2)C1=O)C(=O)C[C@@H](CCCNC(N)=O)C(=O)Nc1ccc(C[n+]2ccc(N[C@@H]3C[C@H](COS(N)(=O)=O)[C@@H](O)[C@H]3O)n3cc(-c4cccc(C(F)(F)F)c4)cc32)cc1. The number of primary amides is 1. The van der Waals surface area contributed by atoms with Crippen molar-refractivity contribution in [2.24, 2.45) is 28.6 Å². The number of ether oxygens (including phenoxy) is 3. The van der Waals surface area contributed by atoms with E-state index in [0.29, 0.717) is 46.7 Å². The van der Waals surface area contributed by atoms with Crippen LogP contribution in [-0.4, -0.2) is 147 Å². The predicted octanol–water partition coefficient (Wildman–Crippen LogP) is 2.32. The lowest BCUT2D eigenvalue weighted by molar-refractivity contribution is -0.665. The summed E-state index contributed by atoms with van der Waals surface area (Å²) in [5.41, 5.74) is 7.92. The molecule has 0 bridgehead atoms. The number of hydrogen-bond acceptors (Lipinski definition) is 15. The zero-order chi connectivity index (χ0) is 57.9. The molecule has 6 atom stereocenters. The average molecular weight is 1140 g/mol. The number of hydrogen-bond donors (Lipinski definition) is 8. The number of aromatic nitrogens is 2. The fourth-order valence-corrected chi connectivity index (χ4v) is 9.92. The number of nitrogens with zero attached hydrogens (tertiary/aromatic N) is 3. The summed E-state index contributed by atoms with van der Waals surface area (Å²) in [4.78, 5) is 77.3. The molecule has 7 rings (SSSR count). The van der Waals surface area contributed by atoms with Crippen molar-refractivity contribution in [3.05, 3.63) is 95.3 Å². The lowest BCUT2D eigenvalue weighted by Crippen LogP contribution is -2.45. The molecular weight excluding hydrogens is 1080 g/mol. The maximum atomic E-state index is 13.9. The van der Waals surface area contributed by atoms with Crippen molar-refractivity contribution in [3.63, 3.8) is 0 Å². The Balaban J connectivity index is 0.940. The lowest BCUT2D eigenvalue weighted by atomic mass is 9.89. The minimum absolute atomic E-state index is 0.0483. The summed E-state index contributed by atoms with van der Waals surface area (Å²) in [6.45, 7) is 4.75. The molecule has 1 aliphatic heterocycles. The Bertz CT molecular complexity index is 3020. The molecule has 27 heteroatoms. The van der Waals surface area contributed by atoms with E-state index >= 15 is 0 Å². The van der Waals surface area contributed by atoms with Gasteiger partial charge in [0.15, 0.2) is 5.78 Å². The number of aliphatic hydroxyl groups excluding tert-OH is 2. The molecule has 0 unspecified atom stereocenters. The maximum Gasteiger partial charge on any atom is 0.416 e. The summed E-state index contributed by atoms with van der Waals surface area (Å²) in [5.74, 6) is -3.41. The van der Waals surface area contributed by atoms with Gasteiger partial charge in [0.2, 0.25) is 17.6 Å². The number of amides is 6. The van der Waals surface area contributed by atoms with Crippen molar-refractivity contribution < 1.29 is 83.5 Å². The van der Waals surface area contributed by atoms with Gasteiger partial charge in [0.1, 0.15) is 18.8 Å². The normalized spacial score (nSPS) is 18.9. The topological polar surface area (TPSA) is 326 Å². The molecule has 434 valence electrons. The zero-order valence-electron chi connectivity index (χ0n) is 44.1. The van der Waals surface area contributed by atoms with E-state index in [-0.39, 0.29) is 114 Å². The van der Waals surface area contributed by atoms with Gasteiger partial charge in [0.25, 0.3) is 17.5 Å². The van der Waals surface area contributed by atoms with Crippen LogP contribution in [0.4, 0.5) is 29.5 Å². The van der Waals surface area contributed by atoms with Crippen molar-refractivity contribution in [1.29, 1.82) is 0 Å². The standard InChI is InChI=1S/C53H66F3N9O14S/c1-31(2)46(62-44(67)13-17-76-19-21-78-22-20-77-18-16-64-50(71)39-27-40(39)51(64)72)42(66)25-34(6-4-14-59-52(57)73)49(70)60-38-10-8-32(9-11-38)28-63-15-12-43(61-41-24-36(47(68)48(41)69)30-79-80(58,74)75)65-29-35(26-45(63)65)33-5-3-7-37(23-33)53(54,55)56/h3,5,7-12,15,23,26,29,31,34,36,41,46-48,68-69H,4,6,13-14,16-22,24-25,27-28,30H2,1-2H3,(H7,57,58,59,60,62,67,70,73,74,75)/p+1/t34-,36-,41-,46+,47-,48+/m1/s1. The van der Waals surface area contributed by atoms with Crippen LogP contribution in [-0.2, 0) is 65.4 Å². The van der Waals surface area contributed by atoms with Crippen molar-refractivity contribution >= 4 is 62.9 Å². The zero-order valence-corrected chi connectivity index (χ0v) is 44.9. The Morgan fingerprint density at radius 1 is 0.887 bits per heavy atom. The molecule has 3 heterocycles. The quantitative estimate of drug-likeness (QED) is 0.0204. The van der Waals surface area contributed by atoms with E-state index in [4.69, 9.17) is 25.1 Å². The summed E-state index contributed by atoms with van der Waals surface area (Å²) in [6, 6.07) is 12.6. The van der Waals surface area contributed by atoms with Crippen molar-refractivity contribution in [2.75, 3.05) is 70.0 Å². The third-order valence-electron chi connectivity index (χ3n) is 13.9. The van der Waals surface area contributed by atoms with Gasteiger partial charge in [-0.25, -0.2) is 14.5 Å². The Hall–Kier alpha value is -6.85. The van der Waals surface area contributed by atoms with E-state index in [9.17, 15) is 60.6 Å². The molecule has 6 amide bonds. The third-order valence-corrected chi connectivity index (χ3v) is 14.4. The smallest absolute Gasteiger partial charge is 0.390 e. The number of piperidine rings is 1. The van der Waals surface area contributed by atoms with Gasteiger partial charge >= 0.3 is 22.5 Å². The summed E-state index contributed by atoms with van der Waals surface area (Å²) in [5, 5.41) is 38.0. The highest BCUT2D eigenvalue weighted by molar-refractivity contribution is 7.84. The number of imide groups is 1. The van der Waals surface area contributed by atoms with E-state index in [0.717, 1.165) is 17.7 Å². The maximum absolute atomic E-state index is 13.9. The van der Waals surface area contributed by atoms with Crippen LogP contribution in [0.1, 0.15) is 63.5 Å². The summed E-state index contributed by atoms with van der Waals surface area (Å²) < 4.78 is 88.9. The van der Waals surface area contributed by atoms with Crippen LogP contribution >= 0.6 is 0 Å². The molecule has 0 saturated heterocycles. The van der Waals surface area contributed by atoms with E-state index in [1.54, 1.807) is 67.0 Å². The highest BCUT2D eigenvalue weighted by Crippen LogP contribution is 2.40. The number of anilines is 2. The molecule has 10 N–H and O–H groups in total. The molecule has 2 aromatic heterocycles. The first-order valence-electron chi connectivity index (χ1n) is 26.1. The van der Waals surface area contributed by atoms with Gasteiger partial charge in [-0.05, 0) is 60.6 Å². The van der Waals surface area contributed by atoms with Crippen LogP contribution in [0.2, 0.25) is 0 Å². The number of rotatable bonds is 31. The van der Waals surface area contributed by atoms with Gasteiger partial charge in [-0.2, -0.15) is 26.0 Å². The highest BCUT2D eigenvalue weighted by atomic mass is 32.2. The van der Waals surface area contributed by atoms with Gasteiger partial charge in [-0.3, -0.25) is 33.1 Å². The molecule has 80 heavy (non-hydrogen) atoms. The molecule has 1 saturated carbocycles. The fraction of sp³-hybridized carbons (Fsp3) is 0.491. The van der Waals surface area contributed by atoms with Crippen LogP contribution in [0.15, 0.2) is 84.2 Å². The summed E-state index contributed by atoms with van der Waals surface area (Å²) in [7, 11) is -4.32. The molecule has 4 aromatic rings. The molecular formula is C53H67F3N9O14S+. The monoisotopic (exact) mass is 1140 g/mol. The van der Waals surface area contributed by atoms with Crippen LogP contribution < -0.4 is 36.7 Å². The minimum atomic E-state index is -4.60. The van der Waals surface area contributed by atoms with Gasteiger partial charge in [0, 0.05) is 72.2 Å². The lowest BCUT2D eigenvalue weighted by Gasteiger charge is -2.24. The van der Waals surface area contributed by atoms with Gasteiger partial charge in [-0.15, -0.1) is 0 Å². The number of nitrogens with one attached hydrogen (secondary N) is 4. The number of halogens is 3. The number of fused-ring (bicyclic) bond motifs is 1. The largest absolute Gasteiger partial charge is 0.416 e. The Kier molecular flexibility index (Phi) is 20.6. The Morgan fingerprint density at radius 3 is 2.21 bits per heavy atom. The summed E-state index contributed by atoms with van der Waals surface area (Å²) >= 11 is 0. The van der Waals surface area contributed by atoms with Gasteiger partial charge in [0.05, 0.1) is 82.7 Å². The fourth-order valence-electron chi connectivity index (χ4n) is 9.55. The first-order chi connectivity index (χ1) is 38.0. The second-order valence-electron chi connectivity index (χ2n) is 20.1. The number of ketones is 1. The van der Waals surface area contributed by atoms with Crippen LogP contribution in [0.25, 0.3) is 16.8 Å². The molecule has 23 nitrogen and oxygen atoms in total. The first kappa shape index (κ1) is 60.8. The molecule has 2 aromatic carbocycles. The number of carbonyl (C=O) groups is 6. The van der Waals surface area contributed by atoms with Crippen molar-refractivity contribution in [3.8, 4) is 11.1 Å². The predicted molar refractivity (Wildman–Crippen MR) is 281 cm³/mol. The number of urea groups is 1. The number of alkyl halides is 3. The highest BCUT2D eigenvalue weighted by Gasteiger charge is 2.47. The Labute approximate surface area is 459 Å². The minimum Gasteiger partial charge on any atom is -0.390 e. The molecule has 0 spiro atoms. The molecule has 0 radical (unpaired) electrons. The number of Topliss-reactive ketones (excluding diaryl/α,β-unsaturated/α-hetero) is 1. The van der Waals surface area contributed by atoms with Crippen molar-refractivity contribution in [2.45, 2.75) is 89.4 Å². The van der Waals surface area contributed by atoms with Crippen LogP contribution in [0.5, 0.6) is 0 Å².